The first-order valence-electron chi connectivity index (χ1n) is 8.39. The number of rotatable bonds is 5. The maximum absolute atomic E-state index is 12.8. The van der Waals surface area contributed by atoms with Crippen molar-refractivity contribution in [1.82, 2.24) is 5.32 Å². The zero-order chi connectivity index (χ0) is 21.0. The number of terminal acetylenes is 1. The number of amides is 4. The third-order valence-electron chi connectivity index (χ3n) is 4.02. The zero-order valence-corrected chi connectivity index (χ0v) is 15.3. The highest BCUT2D eigenvalue weighted by molar-refractivity contribution is 6.39. The molecule has 1 saturated heterocycles. The molecule has 29 heavy (non-hydrogen) atoms. The van der Waals surface area contributed by atoms with Gasteiger partial charge in [-0.25, -0.2) is 9.69 Å². The van der Waals surface area contributed by atoms with Crippen LogP contribution in [0.1, 0.15) is 5.56 Å². The Labute approximate surface area is 166 Å². The maximum atomic E-state index is 12.8. The van der Waals surface area contributed by atoms with Crippen LogP contribution in [0.15, 0.2) is 48.0 Å². The largest absolute Gasteiger partial charge is 0.508 e. The monoisotopic (exact) mass is 392 g/mol. The molecular weight excluding hydrogens is 376 g/mol. The summed E-state index contributed by atoms with van der Waals surface area (Å²) in [5.41, 5.74) is 0.449. The molecule has 1 fully saturated rings. The predicted octanol–water partition coefficient (Wildman–Crippen LogP) is 2.08. The topological polar surface area (TPSA) is 105 Å². The Bertz CT molecular complexity index is 1050. The van der Waals surface area contributed by atoms with Gasteiger partial charge in [0.15, 0.2) is 11.5 Å². The first kappa shape index (κ1) is 19.5. The Morgan fingerprint density at radius 2 is 1.86 bits per heavy atom. The molecular formula is C21H16N2O6. The van der Waals surface area contributed by atoms with Crippen LogP contribution in [-0.4, -0.2) is 36.7 Å². The molecule has 1 aliphatic rings. The number of imide groups is 2. The number of aromatic hydroxyl groups is 1. The predicted molar refractivity (Wildman–Crippen MR) is 104 cm³/mol. The van der Waals surface area contributed by atoms with E-state index in [2.05, 4.69) is 11.2 Å². The van der Waals surface area contributed by atoms with Gasteiger partial charge >= 0.3 is 6.03 Å². The zero-order valence-electron chi connectivity index (χ0n) is 15.3. The summed E-state index contributed by atoms with van der Waals surface area (Å²) in [5.74, 6) is 1.49. The third-order valence-corrected chi connectivity index (χ3v) is 4.02. The Morgan fingerprint density at radius 1 is 1.14 bits per heavy atom. The first-order valence-corrected chi connectivity index (χ1v) is 8.39. The van der Waals surface area contributed by atoms with Crippen LogP contribution in [0.4, 0.5) is 10.5 Å². The van der Waals surface area contributed by atoms with Crippen molar-refractivity contribution in [2.24, 2.45) is 0 Å². The highest BCUT2D eigenvalue weighted by Gasteiger charge is 2.36. The average Bonchev–Trinajstić information content (AvgIpc) is 2.71. The van der Waals surface area contributed by atoms with Crippen molar-refractivity contribution in [3.63, 3.8) is 0 Å². The number of nitrogens with zero attached hydrogens (tertiary/aromatic N) is 1. The van der Waals surface area contributed by atoms with Gasteiger partial charge in [-0.15, -0.1) is 6.42 Å². The number of benzene rings is 2. The summed E-state index contributed by atoms with van der Waals surface area (Å²) in [6, 6.07) is 9.34. The number of urea groups is 1. The number of phenols is 1. The van der Waals surface area contributed by atoms with E-state index >= 15 is 0 Å². The van der Waals surface area contributed by atoms with Gasteiger partial charge in [0.1, 0.15) is 17.9 Å². The highest BCUT2D eigenvalue weighted by Crippen LogP contribution is 2.30. The Morgan fingerprint density at radius 3 is 2.52 bits per heavy atom. The number of nitrogens with one attached hydrogen (secondary N) is 1. The van der Waals surface area contributed by atoms with Gasteiger partial charge in [-0.2, -0.15) is 0 Å². The molecule has 8 nitrogen and oxygen atoms in total. The second-order valence-corrected chi connectivity index (χ2v) is 5.88. The number of hydrogen-bond donors (Lipinski definition) is 2. The molecule has 0 unspecified atom stereocenters. The van der Waals surface area contributed by atoms with E-state index in [4.69, 9.17) is 15.9 Å². The summed E-state index contributed by atoms with van der Waals surface area (Å²) in [6.07, 6.45) is 6.52. The first-order chi connectivity index (χ1) is 13.9. The molecule has 0 atom stereocenters. The quantitative estimate of drug-likeness (QED) is 0.459. The molecule has 0 aromatic heterocycles. The fraction of sp³-hybridized carbons (Fsp3) is 0.0952. The lowest BCUT2D eigenvalue weighted by Gasteiger charge is -2.26. The number of ether oxygens (including phenoxy) is 2. The van der Waals surface area contributed by atoms with Crippen LogP contribution >= 0.6 is 0 Å². The van der Waals surface area contributed by atoms with Gasteiger partial charge in [-0.05, 0) is 48.0 Å². The van der Waals surface area contributed by atoms with Crippen molar-refractivity contribution in [3.05, 3.63) is 53.6 Å². The van der Waals surface area contributed by atoms with E-state index in [-0.39, 0.29) is 23.6 Å². The number of methoxy groups -OCH3 is 1. The molecule has 2 aromatic rings. The van der Waals surface area contributed by atoms with Crippen LogP contribution in [0.3, 0.4) is 0 Å². The van der Waals surface area contributed by atoms with Crippen molar-refractivity contribution in [3.8, 4) is 29.6 Å². The second kappa shape index (κ2) is 8.19. The smallest absolute Gasteiger partial charge is 0.335 e. The van der Waals surface area contributed by atoms with Crippen molar-refractivity contribution in [1.29, 1.82) is 0 Å². The summed E-state index contributed by atoms with van der Waals surface area (Å²) < 4.78 is 10.6. The van der Waals surface area contributed by atoms with Crippen LogP contribution in [0.25, 0.3) is 6.08 Å². The van der Waals surface area contributed by atoms with Crippen molar-refractivity contribution < 1.29 is 29.0 Å². The average molecular weight is 392 g/mol. The molecule has 0 radical (unpaired) electrons. The highest BCUT2D eigenvalue weighted by atomic mass is 16.5. The van der Waals surface area contributed by atoms with E-state index in [0.717, 1.165) is 4.90 Å². The fourth-order valence-corrected chi connectivity index (χ4v) is 2.67. The van der Waals surface area contributed by atoms with Gasteiger partial charge in [0.05, 0.1) is 12.8 Å². The van der Waals surface area contributed by atoms with E-state index in [9.17, 15) is 19.5 Å². The van der Waals surface area contributed by atoms with Crippen molar-refractivity contribution >= 4 is 29.6 Å². The summed E-state index contributed by atoms with van der Waals surface area (Å²) in [5, 5.41) is 11.5. The number of barbiturate groups is 1. The molecule has 146 valence electrons. The normalized spacial score (nSPS) is 15.1. The van der Waals surface area contributed by atoms with E-state index < -0.39 is 17.8 Å². The van der Waals surface area contributed by atoms with Crippen LogP contribution in [0.5, 0.6) is 17.2 Å². The molecule has 1 heterocycles. The summed E-state index contributed by atoms with van der Waals surface area (Å²) in [4.78, 5) is 38.1. The standard InChI is InChI=1S/C21H16N2O6/c1-3-10-29-17-9-4-13(12-18(17)28-2)11-16-19(25)22-21(27)23(20(16)26)14-5-7-15(24)8-6-14/h1,4-9,11-12,24H,10H2,2H3,(H,22,25,27). The van der Waals surface area contributed by atoms with Crippen molar-refractivity contribution in [2.75, 3.05) is 18.6 Å². The SMILES string of the molecule is C#CCOc1ccc(C=C2C(=O)NC(=O)N(c3ccc(O)cc3)C2=O)cc1OC. The lowest BCUT2D eigenvalue weighted by atomic mass is 10.1. The molecule has 8 heteroatoms. The van der Waals surface area contributed by atoms with Gasteiger partial charge in [0.25, 0.3) is 11.8 Å². The van der Waals surface area contributed by atoms with Gasteiger partial charge in [-0.1, -0.05) is 12.0 Å². The van der Waals surface area contributed by atoms with Crippen molar-refractivity contribution in [2.45, 2.75) is 0 Å². The number of anilines is 1. The lowest BCUT2D eigenvalue weighted by Crippen LogP contribution is -2.54. The summed E-state index contributed by atoms with van der Waals surface area (Å²) in [7, 11) is 1.44. The Hall–Kier alpha value is -4.25. The van der Waals surface area contributed by atoms with E-state index in [0.29, 0.717) is 17.1 Å². The Balaban J connectivity index is 1.96. The number of carbonyl (C=O) groups is 3. The third kappa shape index (κ3) is 4.04. The molecule has 3 rings (SSSR count). The molecule has 0 aliphatic carbocycles. The minimum atomic E-state index is -0.876. The summed E-state index contributed by atoms with van der Waals surface area (Å²) >= 11 is 0. The van der Waals surface area contributed by atoms with E-state index in [1.165, 1.54) is 37.5 Å². The minimum absolute atomic E-state index is 0.0234. The van der Waals surface area contributed by atoms with E-state index in [1.807, 2.05) is 0 Å². The fourth-order valence-electron chi connectivity index (χ4n) is 2.67. The molecule has 4 amide bonds. The number of carbonyl (C=O) groups excluding carboxylic acids is 3. The van der Waals surface area contributed by atoms with Crippen LogP contribution in [0.2, 0.25) is 0 Å². The minimum Gasteiger partial charge on any atom is -0.508 e. The molecule has 2 aromatic carbocycles. The number of hydrogen-bond acceptors (Lipinski definition) is 6. The molecule has 0 spiro atoms. The van der Waals surface area contributed by atoms with E-state index in [1.54, 1.807) is 18.2 Å². The molecule has 1 aliphatic heterocycles. The summed E-state index contributed by atoms with van der Waals surface area (Å²) in [6.45, 7) is 0.0569. The van der Waals surface area contributed by atoms with Crippen LogP contribution in [0, 0.1) is 12.3 Å². The van der Waals surface area contributed by atoms with Gasteiger partial charge in [-0.3, -0.25) is 14.9 Å². The number of phenolic OH excluding ortho intramolecular Hbond substituents is 1. The molecule has 0 bridgehead atoms. The van der Waals surface area contributed by atoms with Crippen LogP contribution in [-0.2, 0) is 9.59 Å². The lowest BCUT2D eigenvalue weighted by molar-refractivity contribution is -0.122. The molecule has 2 N–H and O–H groups in total. The second-order valence-electron chi connectivity index (χ2n) is 5.88. The molecule has 0 saturated carbocycles. The Kier molecular flexibility index (Phi) is 5.51. The van der Waals surface area contributed by atoms with Crippen LogP contribution < -0.4 is 19.7 Å². The van der Waals surface area contributed by atoms with Gasteiger partial charge in [0, 0.05) is 0 Å². The van der Waals surface area contributed by atoms with Gasteiger partial charge in [0.2, 0.25) is 0 Å². The maximum Gasteiger partial charge on any atom is 0.335 e. The van der Waals surface area contributed by atoms with Gasteiger partial charge < -0.3 is 14.6 Å².